The molecule has 0 atom stereocenters. The molecule has 136 valence electrons. The molecule has 2 heteroatoms. The summed E-state index contributed by atoms with van der Waals surface area (Å²) in [6.07, 6.45) is 23.4. The predicted molar refractivity (Wildman–Crippen MR) is 101 cm³/mol. The normalized spacial score (nSPS) is 10.6. The van der Waals surface area contributed by atoms with Gasteiger partial charge in [-0.2, -0.15) is 0 Å². The van der Waals surface area contributed by atoms with Gasteiger partial charge in [-0.3, -0.25) is 0 Å². The molecule has 0 aliphatic carbocycles. The zero-order valence-electron chi connectivity index (χ0n) is 16.2. The second kappa shape index (κ2) is 23.2. The van der Waals surface area contributed by atoms with Gasteiger partial charge in [0, 0.05) is 0 Å². The van der Waals surface area contributed by atoms with Crippen molar-refractivity contribution in [3.05, 3.63) is 5.21 Å². The molecule has 0 fully saturated rings. The van der Waals surface area contributed by atoms with Gasteiger partial charge in [0.25, 0.3) is 0 Å². The fourth-order valence-electron chi connectivity index (χ4n) is 2.62. The van der Waals surface area contributed by atoms with Gasteiger partial charge in [-0.05, 0) is 0 Å². The maximum absolute atomic E-state index is 9.44. The molecular formula is C20H45NO. The lowest BCUT2D eigenvalue weighted by molar-refractivity contribution is -0.802. The third-order valence-electron chi connectivity index (χ3n) is 3.96. The van der Waals surface area contributed by atoms with Crippen LogP contribution in [0, 0.1) is 5.21 Å². The maximum Gasteiger partial charge on any atom is 0.0660 e. The van der Waals surface area contributed by atoms with Gasteiger partial charge < -0.3 is 10.3 Å². The van der Waals surface area contributed by atoms with Crippen LogP contribution in [0.15, 0.2) is 0 Å². The van der Waals surface area contributed by atoms with Crippen molar-refractivity contribution in [1.29, 1.82) is 0 Å². The van der Waals surface area contributed by atoms with Crippen molar-refractivity contribution in [2.24, 2.45) is 0 Å². The molecule has 0 aromatic heterocycles. The summed E-state index contributed by atoms with van der Waals surface area (Å²) in [5, 5.41) is 9.61. The van der Waals surface area contributed by atoms with Crippen molar-refractivity contribution in [2.45, 2.75) is 117 Å². The molecule has 0 spiro atoms. The molecule has 0 rings (SSSR count). The van der Waals surface area contributed by atoms with Crippen LogP contribution in [0.25, 0.3) is 0 Å². The minimum atomic E-state index is 0.167. The Morgan fingerprint density at radius 2 is 0.591 bits per heavy atom. The van der Waals surface area contributed by atoms with Crippen molar-refractivity contribution in [2.75, 3.05) is 14.1 Å². The summed E-state index contributed by atoms with van der Waals surface area (Å²) < 4.78 is 0. The minimum absolute atomic E-state index is 0.167. The highest BCUT2D eigenvalue weighted by Crippen LogP contribution is 2.13. The fraction of sp³-hybridized carbons (Fsp3) is 1.00. The lowest BCUT2D eigenvalue weighted by atomic mass is 10.0. The fourth-order valence-corrected chi connectivity index (χ4v) is 2.62. The zero-order valence-corrected chi connectivity index (χ0v) is 16.2. The Morgan fingerprint density at radius 3 is 0.727 bits per heavy atom. The lowest BCUT2D eigenvalue weighted by Crippen LogP contribution is -3.00. The third kappa shape index (κ3) is 32.0. The molecule has 0 radical (unpaired) electrons. The number of quaternary nitrogens is 1. The van der Waals surface area contributed by atoms with E-state index in [0.29, 0.717) is 0 Å². The highest BCUT2D eigenvalue weighted by atomic mass is 16.5. The Balaban J connectivity index is 0. The van der Waals surface area contributed by atoms with Crippen LogP contribution in [0.5, 0.6) is 0 Å². The van der Waals surface area contributed by atoms with Crippen molar-refractivity contribution < 1.29 is 5.06 Å². The third-order valence-corrected chi connectivity index (χ3v) is 3.96. The number of hydrogen-bond donors (Lipinski definition) is 1. The van der Waals surface area contributed by atoms with Crippen LogP contribution in [0.4, 0.5) is 0 Å². The van der Waals surface area contributed by atoms with E-state index in [1.807, 2.05) is 0 Å². The first-order valence-electron chi connectivity index (χ1n) is 10.1. The highest BCUT2D eigenvalue weighted by molar-refractivity contribution is 4.49. The summed E-state index contributed by atoms with van der Waals surface area (Å²) >= 11 is 0. The van der Waals surface area contributed by atoms with Crippen molar-refractivity contribution in [3.63, 3.8) is 0 Å². The Kier molecular flexibility index (Phi) is 25.5. The molecular weight excluding hydrogens is 270 g/mol. The smallest absolute Gasteiger partial charge is 0.0660 e. The van der Waals surface area contributed by atoms with Crippen molar-refractivity contribution in [1.82, 2.24) is 0 Å². The van der Waals surface area contributed by atoms with E-state index in [-0.39, 0.29) is 5.06 Å². The van der Waals surface area contributed by atoms with Crippen LogP contribution < -0.4 is 5.06 Å². The highest BCUT2D eigenvalue weighted by Gasteiger charge is 1.93. The van der Waals surface area contributed by atoms with Gasteiger partial charge in [-0.1, -0.05) is 117 Å². The molecule has 0 saturated heterocycles. The summed E-state index contributed by atoms with van der Waals surface area (Å²) in [4.78, 5) is 0. The van der Waals surface area contributed by atoms with Gasteiger partial charge >= 0.3 is 0 Å². The summed E-state index contributed by atoms with van der Waals surface area (Å²) in [6.45, 7) is 4.59. The Morgan fingerprint density at radius 1 is 0.455 bits per heavy atom. The van der Waals surface area contributed by atoms with Crippen LogP contribution in [0.3, 0.4) is 0 Å². The number of hydrogen-bond acceptors (Lipinski definition) is 1. The Bertz CT molecular complexity index is 152. The quantitative estimate of drug-likeness (QED) is 0.296. The average molecular weight is 316 g/mol. The molecule has 0 aliphatic rings. The number of rotatable bonds is 15. The Labute approximate surface area is 141 Å². The first-order chi connectivity index (χ1) is 10.6. The number of hydroxylamine groups is 2. The van der Waals surface area contributed by atoms with E-state index in [4.69, 9.17) is 0 Å². The van der Waals surface area contributed by atoms with Gasteiger partial charge in [-0.25, -0.2) is 0 Å². The topological polar surface area (TPSA) is 27.5 Å². The van der Waals surface area contributed by atoms with E-state index < -0.39 is 0 Å². The number of unbranched alkanes of at least 4 members (excludes halogenated alkanes) is 15. The SMILES string of the molecule is CCCCCCCCCCCCCCCCCC.C[NH+](C)[O-]. The van der Waals surface area contributed by atoms with E-state index in [1.165, 1.54) is 117 Å². The first kappa shape index (κ1) is 24.2. The van der Waals surface area contributed by atoms with E-state index in [1.54, 1.807) is 0 Å². The minimum Gasteiger partial charge on any atom is -0.635 e. The summed E-state index contributed by atoms with van der Waals surface area (Å²) in [5.74, 6) is 0. The average Bonchev–Trinajstić information content (AvgIpc) is 2.47. The van der Waals surface area contributed by atoms with E-state index in [2.05, 4.69) is 13.8 Å². The van der Waals surface area contributed by atoms with Gasteiger partial charge in [0.2, 0.25) is 0 Å². The molecule has 0 aromatic carbocycles. The van der Waals surface area contributed by atoms with Gasteiger partial charge in [0.1, 0.15) is 0 Å². The molecule has 0 aliphatic heterocycles. The summed E-state index contributed by atoms with van der Waals surface area (Å²) in [7, 11) is 3.06. The standard InChI is InChI=1S/C18H38.C2H7NO/c1-3-5-7-9-11-13-15-17-18-16-14-12-10-8-6-4-2;1-3(2)4/h3-18H2,1-2H3;3H,1-2H3. The molecule has 0 unspecified atom stereocenters. The monoisotopic (exact) mass is 315 g/mol. The van der Waals surface area contributed by atoms with Crippen LogP contribution in [-0.2, 0) is 0 Å². The van der Waals surface area contributed by atoms with Crippen LogP contribution in [0.2, 0.25) is 0 Å². The first-order valence-corrected chi connectivity index (χ1v) is 10.1. The maximum atomic E-state index is 9.44. The summed E-state index contributed by atoms with van der Waals surface area (Å²) in [6, 6.07) is 0. The molecule has 22 heavy (non-hydrogen) atoms. The molecule has 0 saturated carbocycles. The molecule has 2 nitrogen and oxygen atoms in total. The van der Waals surface area contributed by atoms with E-state index >= 15 is 0 Å². The summed E-state index contributed by atoms with van der Waals surface area (Å²) in [5.41, 5.74) is 0. The number of nitrogens with one attached hydrogen (secondary N) is 1. The van der Waals surface area contributed by atoms with Crippen molar-refractivity contribution in [3.8, 4) is 0 Å². The van der Waals surface area contributed by atoms with E-state index in [0.717, 1.165) is 0 Å². The second-order valence-electron chi connectivity index (χ2n) is 6.86. The molecule has 0 heterocycles. The van der Waals surface area contributed by atoms with Gasteiger partial charge in [-0.15, -0.1) is 0 Å². The molecule has 1 N–H and O–H groups in total. The zero-order chi connectivity index (χ0) is 16.9. The second-order valence-corrected chi connectivity index (χ2v) is 6.86. The predicted octanol–water partition coefficient (Wildman–Crippen LogP) is 5.90. The Hall–Kier alpha value is -0.0800. The molecule has 0 bridgehead atoms. The van der Waals surface area contributed by atoms with Gasteiger partial charge in [0.15, 0.2) is 0 Å². The van der Waals surface area contributed by atoms with Crippen LogP contribution in [-0.4, -0.2) is 14.1 Å². The van der Waals surface area contributed by atoms with Gasteiger partial charge in [0.05, 0.1) is 14.1 Å². The van der Waals surface area contributed by atoms with E-state index in [9.17, 15) is 5.21 Å². The molecule has 0 amide bonds. The van der Waals surface area contributed by atoms with Crippen LogP contribution in [0.1, 0.15) is 117 Å². The largest absolute Gasteiger partial charge is 0.635 e. The molecule has 0 aromatic rings. The van der Waals surface area contributed by atoms with Crippen LogP contribution >= 0.6 is 0 Å². The van der Waals surface area contributed by atoms with Crippen molar-refractivity contribution >= 4 is 0 Å². The lowest BCUT2D eigenvalue weighted by Gasteiger charge is -2.04.